The molecule has 1 aliphatic heterocycles. The molecular weight excluding hydrogens is 276 g/mol. The summed E-state index contributed by atoms with van der Waals surface area (Å²) in [5, 5.41) is 6.45. The van der Waals surface area contributed by atoms with E-state index < -0.39 is 0 Å². The fourth-order valence-corrected chi connectivity index (χ4v) is 2.86. The second-order valence-corrected chi connectivity index (χ2v) is 6.11. The van der Waals surface area contributed by atoms with E-state index in [9.17, 15) is 4.79 Å². The molecule has 2 N–H and O–H groups in total. The minimum Gasteiger partial charge on any atom is -0.494 e. The monoisotopic (exact) mass is 304 g/mol. The van der Waals surface area contributed by atoms with Gasteiger partial charge in [-0.3, -0.25) is 4.79 Å². The zero-order valence-electron chi connectivity index (χ0n) is 13.7. The molecule has 1 saturated heterocycles. The Hall–Kier alpha value is -1.55. The molecule has 0 spiro atoms. The number of hydrogen-bond donors (Lipinski definition) is 2. The Morgan fingerprint density at radius 1 is 1.45 bits per heavy atom. The average Bonchev–Trinajstić information content (AvgIpc) is 2.53. The number of hydrogen-bond acceptors (Lipinski definition) is 3. The molecule has 2 rings (SSSR count). The van der Waals surface area contributed by atoms with Crippen molar-refractivity contribution in [2.45, 2.75) is 45.6 Å². The first-order valence-electron chi connectivity index (χ1n) is 8.42. The zero-order chi connectivity index (χ0) is 15.8. The van der Waals surface area contributed by atoms with Gasteiger partial charge < -0.3 is 15.4 Å². The van der Waals surface area contributed by atoms with Crippen LogP contribution in [0.1, 0.15) is 38.7 Å². The molecule has 1 amide bonds. The highest BCUT2D eigenvalue weighted by atomic mass is 16.5. The number of carbonyl (C=O) groups is 1. The number of piperidine rings is 1. The molecule has 2 atom stereocenters. The third kappa shape index (κ3) is 5.34. The maximum atomic E-state index is 12.2. The topological polar surface area (TPSA) is 50.4 Å². The van der Waals surface area contributed by atoms with Crippen molar-refractivity contribution in [1.29, 1.82) is 0 Å². The molecular formula is C18H28N2O2. The Labute approximate surface area is 133 Å². The molecule has 0 radical (unpaired) electrons. The number of benzene rings is 1. The molecule has 4 nitrogen and oxygen atoms in total. The Balaban J connectivity index is 1.74. The summed E-state index contributed by atoms with van der Waals surface area (Å²) in [6.45, 7) is 6.61. The maximum Gasteiger partial charge on any atom is 0.223 e. The van der Waals surface area contributed by atoms with E-state index in [4.69, 9.17) is 4.74 Å². The van der Waals surface area contributed by atoms with Crippen LogP contribution in [0.25, 0.3) is 0 Å². The van der Waals surface area contributed by atoms with E-state index in [0.717, 1.165) is 44.6 Å². The predicted molar refractivity (Wildman–Crippen MR) is 89.1 cm³/mol. The Morgan fingerprint density at radius 2 is 2.32 bits per heavy atom. The van der Waals surface area contributed by atoms with Crippen LogP contribution >= 0.6 is 0 Å². The summed E-state index contributed by atoms with van der Waals surface area (Å²) in [5.41, 5.74) is 1.20. The number of carbonyl (C=O) groups excluding carboxylic acids is 1. The lowest BCUT2D eigenvalue weighted by molar-refractivity contribution is -0.126. The second kappa shape index (κ2) is 8.79. The van der Waals surface area contributed by atoms with Crippen molar-refractivity contribution in [2.75, 3.05) is 19.7 Å². The Bertz CT molecular complexity index is 476. The molecule has 0 aliphatic carbocycles. The highest BCUT2D eigenvalue weighted by Gasteiger charge is 2.24. The van der Waals surface area contributed by atoms with Crippen molar-refractivity contribution in [1.82, 2.24) is 10.6 Å². The van der Waals surface area contributed by atoms with E-state index in [1.165, 1.54) is 5.56 Å². The van der Waals surface area contributed by atoms with Crippen LogP contribution in [-0.4, -0.2) is 31.6 Å². The van der Waals surface area contributed by atoms with Crippen molar-refractivity contribution >= 4 is 5.91 Å². The van der Waals surface area contributed by atoms with Crippen LogP contribution in [0.15, 0.2) is 24.3 Å². The lowest BCUT2D eigenvalue weighted by Crippen LogP contribution is -2.42. The summed E-state index contributed by atoms with van der Waals surface area (Å²) < 4.78 is 5.64. The Kier molecular flexibility index (Phi) is 6.72. The van der Waals surface area contributed by atoms with Crippen LogP contribution in [0.3, 0.4) is 0 Å². The number of amides is 1. The average molecular weight is 304 g/mol. The summed E-state index contributed by atoms with van der Waals surface area (Å²) in [6, 6.07) is 8.58. The first-order chi connectivity index (χ1) is 10.7. The SMILES string of the molecule is CCCOc1cccc(CCNC(=O)[C@H]2CCN[C@@H](C)C2)c1. The van der Waals surface area contributed by atoms with Crippen molar-refractivity contribution in [3.8, 4) is 5.75 Å². The third-order valence-electron chi connectivity index (χ3n) is 4.08. The minimum atomic E-state index is 0.162. The van der Waals surface area contributed by atoms with Gasteiger partial charge in [0.25, 0.3) is 0 Å². The van der Waals surface area contributed by atoms with Gasteiger partial charge in [-0.15, -0.1) is 0 Å². The van der Waals surface area contributed by atoms with Crippen molar-refractivity contribution in [3.63, 3.8) is 0 Å². The van der Waals surface area contributed by atoms with E-state index >= 15 is 0 Å². The molecule has 1 heterocycles. The standard InChI is InChI=1S/C18H28N2O2/c1-3-11-22-17-6-4-5-15(13-17)7-9-20-18(21)16-8-10-19-14(2)12-16/h4-6,13-14,16,19H,3,7-12H2,1-2H3,(H,20,21)/t14-,16-/m0/s1. The van der Waals surface area contributed by atoms with E-state index in [-0.39, 0.29) is 11.8 Å². The quantitative estimate of drug-likeness (QED) is 0.814. The first-order valence-corrected chi connectivity index (χ1v) is 8.42. The fourth-order valence-electron chi connectivity index (χ4n) is 2.86. The largest absolute Gasteiger partial charge is 0.494 e. The number of nitrogens with one attached hydrogen (secondary N) is 2. The second-order valence-electron chi connectivity index (χ2n) is 6.11. The smallest absolute Gasteiger partial charge is 0.223 e. The van der Waals surface area contributed by atoms with Crippen LogP contribution in [0.5, 0.6) is 5.75 Å². The van der Waals surface area contributed by atoms with Gasteiger partial charge in [-0.2, -0.15) is 0 Å². The molecule has 1 aliphatic rings. The lowest BCUT2D eigenvalue weighted by atomic mass is 9.92. The molecule has 22 heavy (non-hydrogen) atoms. The van der Waals surface area contributed by atoms with Gasteiger partial charge in [-0.05, 0) is 56.8 Å². The third-order valence-corrected chi connectivity index (χ3v) is 4.08. The number of ether oxygens (including phenoxy) is 1. The zero-order valence-corrected chi connectivity index (χ0v) is 13.7. The molecule has 1 aromatic rings. The van der Waals surface area contributed by atoms with Gasteiger partial charge in [0.2, 0.25) is 5.91 Å². The number of rotatable bonds is 7. The van der Waals surface area contributed by atoms with Gasteiger partial charge >= 0.3 is 0 Å². The van der Waals surface area contributed by atoms with Crippen molar-refractivity contribution < 1.29 is 9.53 Å². The highest BCUT2D eigenvalue weighted by molar-refractivity contribution is 5.78. The van der Waals surface area contributed by atoms with Gasteiger partial charge in [-0.1, -0.05) is 19.1 Å². The molecule has 0 aromatic heterocycles. The lowest BCUT2D eigenvalue weighted by Gasteiger charge is -2.27. The summed E-state index contributed by atoms with van der Waals surface area (Å²) in [6.07, 6.45) is 3.73. The predicted octanol–water partition coefficient (Wildman–Crippen LogP) is 2.52. The summed E-state index contributed by atoms with van der Waals surface area (Å²) >= 11 is 0. The highest BCUT2D eigenvalue weighted by Crippen LogP contribution is 2.16. The summed E-state index contributed by atoms with van der Waals surface area (Å²) in [4.78, 5) is 12.2. The van der Waals surface area contributed by atoms with E-state index in [1.54, 1.807) is 0 Å². The molecule has 0 bridgehead atoms. The van der Waals surface area contributed by atoms with Gasteiger partial charge in [0, 0.05) is 18.5 Å². The van der Waals surface area contributed by atoms with Crippen LogP contribution in [-0.2, 0) is 11.2 Å². The molecule has 122 valence electrons. The van der Waals surface area contributed by atoms with Crippen LogP contribution < -0.4 is 15.4 Å². The van der Waals surface area contributed by atoms with Crippen molar-refractivity contribution in [3.05, 3.63) is 29.8 Å². The Morgan fingerprint density at radius 3 is 3.09 bits per heavy atom. The maximum absolute atomic E-state index is 12.2. The molecule has 4 heteroatoms. The van der Waals surface area contributed by atoms with E-state index in [0.29, 0.717) is 12.6 Å². The van der Waals surface area contributed by atoms with E-state index in [1.807, 2.05) is 12.1 Å². The molecule has 0 saturated carbocycles. The van der Waals surface area contributed by atoms with Gasteiger partial charge in [0.1, 0.15) is 5.75 Å². The van der Waals surface area contributed by atoms with Gasteiger partial charge in [-0.25, -0.2) is 0 Å². The molecule has 1 aromatic carbocycles. The van der Waals surface area contributed by atoms with Crippen LogP contribution in [0, 0.1) is 5.92 Å². The molecule has 1 fully saturated rings. The van der Waals surface area contributed by atoms with Crippen LogP contribution in [0.4, 0.5) is 0 Å². The normalized spacial score (nSPS) is 21.4. The summed E-state index contributed by atoms with van der Waals surface area (Å²) in [7, 11) is 0. The minimum absolute atomic E-state index is 0.162. The van der Waals surface area contributed by atoms with Crippen LogP contribution in [0.2, 0.25) is 0 Å². The van der Waals surface area contributed by atoms with Gasteiger partial charge in [0.15, 0.2) is 0 Å². The summed E-state index contributed by atoms with van der Waals surface area (Å²) in [5.74, 6) is 1.28. The molecule has 0 unspecified atom stereocenters. The first kappa shape index (κ1) is 16.8. The van der Waals surface area contributed by atoms with E-state index in [2.05, 4.69) is 36.6 Å². The van der Waals surface area contributed by atoms with Gasteiger partial charge in [0.05, 0.1) is 6.61 Å². The fraction of sp³-hybridized carbons (Fsp3) is 0.611. The van der Waals surface area contributed by atoms with Crippen molar-refractivity contribution in [2.24, 2.45) is 5.92 Å².